The van der Waals surface area contributed by atoms with Gasteiger partial charge in [-0.25, -0.2) is 9.59 Å². The molecule has 1 fully saturated rings. The third-order valence-electron chi connectivity index (χ3n) is 8.47. The van der Waals surface area contributed by atoms with Crippen molar-refractivity contribution >= 4 is 59.3 Å². The minimum absolute atomic E-state index is 0. The van der Waals surface area contributed by atoms with Crippen LogP contribution in [0.3, 0.4) is 0 Å². The highest BCUT2D eigenvalue weighted by molar-refractivity contribution is 6.36. The lowest BCUT2D eigenvalue weighted by Crippen LogP contribution is -2.49. The SMILES string of the molecule is Cl.O=C(O)C1=C(CCc2ccccc2)NC(CC(=O)N2CCN(CCCC3=NCCN3)CC2)=C(C(=O)O)C1c1c(Cl)cccc1Cl. The predicted molar refractivity (Wildman–Crippen MR) is 181 cm³/mol. The molecule has 0 saturated carbocycles. The van der Waals surface area contributed by atoms with E-state index in [1.54, 1.807) is 23.1 Å². The van der Waals surface area contributed by atoms with Gasteiger partial charge in [-0.3, -0.25) is 14.7 Å². The summed E-state index contributed by atoms with van der Waals surface area (Å²) >= 11 is 13.1. The van der Waals surface area contributed by atoms with Crippen molar-refractivity contribution in [3.8, 4) is 0 Å². The van der Waals surface area contributed by atoms with Gasteiger partial charge >= 0.3 is 11.9 Å². The van der Waals surface area contributed by atoms with Gasteiger partial charge in [-0.2, -0.15) is 0 Å². The second-order valence-electron chi connectivity index (χ2n) is 11.3. The van der Waals surface area contributed by atoms with Gasteiger partial charge in [-0.1, -0.05) is 59.6 Å². The van der Waals surface area contributed by atoms with E-state index in [0.29, 0.717) is 38.3 Å². The number of carboxylic acid groups (broad SMARTS) is 2. The molecule has 0 spiro atoms. The molecule has 3 aliphatic rings. The van der Waals surface area contributed by atoms with Crippen LogP contribution in [0.15, 0.2) is 76.1 Å². The van der Waals surface area contributed by atoms with Crippen LogP contribution >= 0.6 is 35.6 Å². The number of aliphatic carboxylic acids is 2. The van der Waals surface area contributed by atoms with E-state index in [1.165, 1.54) is 0 Å². The van der Waals surface area contributed by atoms with Crippen LogP contribution in [0.2, 0.25) is 10.0 Å². The maximum absolute atomic E-state index is 13.6. The second kappa shape index (κ2) is 16.3. The average molecular weight is 691 g/mol. The van der Waals surface area contributed by atoms with Crippen molar-refractivity contribution in [1.82, 2.24) is 20.4 Å². The molecule has 0 bridgehead atoms. The van der Waals surface area contributed by atoms with Crippen LogP contribution in [-0.2, 0) is 20.8 Å². The third kappa shape index (κ3) is 8.41. The second-order valence-corrected chi connectivity index (χ2v) is 12.1. The topological polar surface area (TPSA) is 135 Å². The van der Waals surface area contributed by atoms with Gasteiger partial charge in [0.1, 0.15) is 0 Å². The molecule has 0 aliphatic carbocycles. The molecule has 13 heteroatoms. The van der Waals surface area contributed by atoms with E-state index >= 15 is 0 Å². The first-order chi connectivity index (χ1) is 21.7. The maximum Gasteiger partial charge on any atom is 0.334 e. The molecule has 4 N–H and O–H groups in total. The number of carbonyl (C=O) groups is 3. The Morgan fingerprint density at radius 1 is 0.848 bits per heavy atom. The molecule has 0 radical (unpaired) electrons. The number of hydrogen-bond donors (Lipinski definition) is 4. The molecule has 3 aliphatic heterocycles. The first-order valence-electron chi connectivity index (χ1n) is 15.2. The molecule has 1 saturated heterocycles. The molecule has 10 nitrogen and oxygen atoms in total. The summed E-state index contributed by atoms with van der Waals surface area (Å²) in [5.41, 5.74) is 1.25. The Balaban J connectivity index is 0.00000480. The van der Waals surface area contributed by atoms with Gasteiger partial charge in [-0.15, -0.1) is 12.4 Å². The number of halogens is 3. The Hall–Kier alpha value is -3.57. The number of amides is 1. The average Bonchev–Trinajstić information content (AvgIpc) is 3.54. The highest BCUT2D eigenvalue weighted by Crippen LogP contribution is 2.45. The van der Waals surface area contributed by atoms with Crippen molar-refractivity contribution < 1.29 is 24.6 Å². The zero-order chi connectivity index (χ0) is 31.9. The quantitative estimate of drug-likeness (QED) is 0.251. The van der Waals surface area contributed by atoms with Crippen LogP contribution in [0.1, 0.15) is 42.7 Å². The molecule has 3 heterocycles. The van der Waals surface area contributed by atoms with Crippen LogP contribution in [0.5, 0.6) is 0 Å². The Morgan fingerprint density at radius 2 is 1.50 bits per heavy atom. The number of carbonyl (C=O) groups excluding carboxylic acids is 1. The highest BCUT2D eigenvalue weighted by atomic mass is 35.5. The highest BCUT2D eigenvalue weighted by Gasteiger charge is 2.41. The first-order valence-corrected chi connectivity index (χ1v) is 15.9. The molecule has 1 unspecified atom stereocenters. The largest absolute Gasteiger partial charge is 0.478 e. The molecule has 2 aromatic rings. The van der Waals surface area contributed by atoms with Gasteiger partial charge in [-0.05, 0) is 43.5 Å². The van der Waals surface area contributed by atoms with Crippen molar-refractivity contribution in [3.63, 3.8) is 0 Å². The fourth-order valence-corrected chi connectivity index (χ4v) is 6.82. The van der Waals surface area contributed by atoms with Gasteiger partial charge in [0.15, 0.2) is 0 Å². The van der Waals surface area contributed by atoms with Gasteiger partial charge in [0.25, 0.3) is 0 Å². The fourth-order valence-electron chi connectivity index (χ4n) is 6.21. The third-order valence-corrected chi connectivity index (χ3v) is 9.13. The van der Waals surface area contributed by atoms with Crippen LogP contribution < -0.4 is 10.6 Å². The number of aliphatic imine (C=N–C) groups is 1. The number of benzene rings is 2. The summed E-state index contributed by atoms with van der Waals surface area (Å²) in [6.07, 6.45) is 2.43. The summed E-state index contributed by atoms with van der Waals surface area (Å²) < 4.78 is 0. The zero-order valence-electron chi connectivity index (χ0n) is 25.3. The predicted octanol–water partition coefficient (Wildman–Crippen LogP) is 4.73. The summed E-state index contributed by atoms with van der Waals surface area (Å²) in [7, 11) is 0. The number of rotatable bonds is 12. The maximum atomic E-state index is 13.6. The zero-order valence-corrected chi connectivity index (χ0v) is 27.6. The number of piperazine rings is 1. The molecular formula is C33H38Cl3N5O5. The Kier molecular flexibility index (Phi) is 12.5. The number of amidine groups is 1. The number of nitrogens with one attached hydrogen (secondary N) is 2. The molecule has 246 valence electrons. The standard InChI is InChI=1S/C33H37Cl2N5O5.ClH/c34-22-8-4-9-23(35)28(22)31-29(32(42)43)24(12-11-21-6-2-1-3-7-21)38-25(30(31)33(44)45)20-27(41)40-18-16-39(17-19-40)15-5-10-26-36-13-14-37-26;/h1-4,6-9,31,38H,5,10-20H2,(H,36,37)(H,42,43)(H,44,45);1H. The molecular weight excluding hydrogens is 653 g/mol. The number of hydrogen-bond acceptors (Lipinski definition) is 7. The molecule has 5 rings (SSSR count). The Labute approximate surface area is 284 Å². The number of allylic oxidation sites excluding steroid dienone is 1. The van der Waals surface area contributed by atoms with Gasteiger partial charge in [0.05, 0.1) is 35.9 Å². The lowest BCUT2D eigenvalue weighted by Gasteiger charge is -2.36. The van der Waals surface area contributed by atoms with Gasteiger partial charge in [0.2, 0.25) is 5.91 Å². The van der Waals surface area contributed by atoms with E-state index in [1.807, 2.05) is 30.3 Å². The van der Waals surface area contributed by atoms with Gasteiger partial charge in [0, 0.05) is 66.1 Å². The lowest BCUT2D eigenvalue weighted by atomic mass is 9.78. The first kappa shape index (κ1) is 35.3. The molecule has 2 aromatic carbocycles. The molecule has 1 amide bonds. The van der Waals surface area contributed by atoms with Crippen molar-refractivity contribution in [2.24, 2.45) is 4.99 Å². The number of dihydropyridines is 1. The van der Waals surface area contributed by atoms with Crippen molar-refractivity contribution in [1.29, 1.82) is 0 Å². The number of carboxylic acids is 2. The van der Waals surface area contributed by atoms with E-state index in [4.69, 9.17) is 23.2 Å². The number of nitrogens with zero attached hydrogens (tertiary/aromatic N) is 3. The Morgan fingerprint density at radius 3 is 2.11 bits per heavy atom. The van der Waals surface area contributed by atoms with Crippen molar-refractivity contribution in [2.75, 3.05) is 45.8 Å². The van der Waals surface area contributed by atoms with Crippen molar-refractivity contribution in [2.45, 2.75) is 38.0 Å². The van der Waals surface area contributed by atoms with Crippen molar-refractivity contribution in [3.05, 3.63) is 92.2 Å². The van der Waals surface area contributed by atoms with Crippen LogP contribution in [0.25, 0.3) is 0 Å². The van der Waals surface area contributed by atoms with E-state index < -0.39 is 17.9 Å². The summed E-state index contributed by atoms with van der Waals surface area (Å²) in [5, 5.41) is 27.6. The number of aryl methyl sites for hydroxylation is 1. The van der Waals surface area contributed by atoms with Crippen LogP contribution in [-0.4, -0.2) is 89.5 Å². The monoisotopic (exact) mass is 689 g/mol. The summed E-state index contributed by atoms with van der Waals surface area (Å²) in [6.45, 7) is 5.11. The minimum Gasteiger partial charge on any atom is -0.478 e. The van der Waals surface area contributed by atoms with Crippen LogP contribution in [0.4, 0.5) is 0 Å². The molecule has 0 aromatic heterocycles. The minimum atomic E-state index is -1.35. The smallest absolute Gasteiger partial charge is 0.334 e. The van der Waals surface area contributed by atoms with E-state index in [-0.39, 0.29) is 63.6 Å². The summed E-state index contributed by atoms with van der Waals surface area (Å²) in [4.78, 5) is 47.8. The van der Waals surface area contributed by atoms with E-state index in [2.05, 4.69) is 20.5 Å². The summed E-state index contributed by atoms with van der Waals surface area (Å²) in [5.74, 6) is -3.09. The Bertz CT molecular complexity index is 1520. The molecule has 46 heavy (non-hydrogen) atoms. The lowest BCUT2D eigenvalue weighted by molar-refractivity contribution is -0.133. The van der Waals surface area contributed by atoms with Crippen LogP contribution in [0, 0.1) is 0 Å². The van der Waals surface area contributed by atoms with E-state index in [0.717, 1.165) is 43.9 Å². The van der Waals surface area contributed by atoms with Gasteiger partial charge < -0.3 is 25.7 Å². The fraction of sp³-hybridized carbons (Fsp3) is 0.394. The normalized spacial score (nSPS) is 18.4. The summed E-state index contributed by atoms with van der Waals surface area (Å²) in [6, 6.07) is 14.3. The van der Waals surface area contributed by atoms with E-state index in [9.17, 15) is 24.6 Å². The molecule has 1 atom stereocenters.